The first-order chi connectivity index (χ1) is 11.2. The van der Waals surface area contributed by atoms with Gasteiger partial charge in [0, 0.05) is 24.4 Å². The van der Waals surface area contributed by atoms with Crippen molar-refractivity contribution in [1.82, 2.24) is 9.88 Å². The van der Waals surface area contributed by atoms with Crippen molar-refractivity contribution in [1.29, 1.82) is 0 Å². The average Bonchev–Trinajstić information content (AvgIpc) is 3.11. The van der Waals surface area contributed by atoms with Gasteiger partial charge in [-0.05, 0) is 31.2 Å². The molecule has 1 saturated carbocycles. The summed E-state index contributed by atoms with van der Waals surface area (Å²) >= 11 is 1.65. The number of aromatic nitrogens is 1. The molecule has 1 fully saturated rings. The van der Waals surface area contributed by atoms with E-state index in [1.165, 1.54) is 6.42 Å². The first kappa shape index (κ1) is 16.2. The summed E-state index contributed by atoms with van der Waals surface area (Å²) in [7, 11) is 1.64. The van der Waals surface area contributed by atoms with Gasteiger partial charge in [0.2, 0.25) is 0 Å². The number of amides is 1. The molecule has 0 radical (unpaired) electrons. The van der Waals surface area contributed by atoms with Gasteiger partial charge in [0.25, 0.3) is 5.91 Å². The summed E-state index contributed by atoms with van der Waals surface area (Å²) in [6.45, 7) is 3.44. The molecule has 124 valence electrons. The molecule has 0 saturated heterocycles. The number of oxazole rings is 1. The SMILES string of the molecule is COCCN(Cc1cccs1)C(=O)c1nc(C2CCC2)oc1C. The van der Waals surface area contributed by atoms with Crippen molar-refractivity contribution in [2.45, 2.75) is 38.6 Å². The molecule has 0 bridgehead atoms. The Morgan fingerprint density at radius 3 is 2.96 bits per heavy atom. The summed E-state index contributed by atoms with van der Waals surface area (Å²) in [5.41, 5.74) is 0.444. The number of hydrogen-bond donors (Lipinski definition) is 0. The van der Waals surface area contributed by atoms with E-state index in [2.05, 4.69) is 4.98 Å². The fourth-order valence-corrected chi connectivity index (χ4v) is 3.36. The third-order valence-corrected chi connectivity index (χ3v) is 5.11. The highest BCUT2D eigenvalue weighted by molar-refractivity contribution is 7.09. The number of methoxy groups -OCH3 is 1. The molecule has 2 aromatic rings. The van der Waals surface area contributed by atoms with Crippen LogP contribution in [0.15, 0.2) is 21.9 Å². The highest BCUT2D eigenvalue weighted by Gasteiger charge is 2.29. The molecule has 1 aliphatic carbocycles. The van der Waals surface area contributed by atoms with Gasteiger partial charge in [-0.2, -0.15) is 0 Å². The van der Waals surface area contributed by atoms with Crippen LogP contribution in [0.2, 0.25) is 0 Å². The zero-order valence-corrected chi connectivity index (χ0v) is 14.4. The highest BCUT2D eigenvalue weighted by atomic mass is 32.1. The van der Waals surface area contributed by atoms with Crippen LogP contribution in [-0.2, 0) is 11.3 Å². The molecule has 6 heteroatoms. The molecule has 0 aliphatic heterocycles. The van der Waals surface area contributed by atoms with Crippen LogP contribution in [0.5, 0.6) is 0 Å². The highest BCUT2D eigenvalue weighted by Crippen LogP contribution is 2.36. The second kappa shape index (κ2) is 7.27. The number of ether oxygens (including phenoxy) is 1. The van der Waals surface area contributed by atoms with E-state index in [0.717, 1.165) is 23.6 Å². The maximum atomic E-state index is 12.9. The normalized spacial score (nSPS) is 14.7. The van der Waals surface area contributed by atoms with Crippen LogP contribution in [0.4, 0.5) is 0 Å². The van der Waals surface area contributed by atoms with Gasteiger partial charge in [-0.25, -0.2) is 4.98 Å². The molecule has 1 aliphatic rings. The van der Waals surface area contributed by atoms with Crippen molar-refractivity contribution in [2.75, 3.05) is 20.3 Å². The maximum absolute atomic E-state index is 12.9. The number of rotatable bonds is 7. The van der Waals surface area contributed by atoms with Crippen LogP contribution in [0, 0.1) is 6.92 Å². The third-order valence-electron chi connectivity index (χ3n) is 4.25. The molecule has 3 rings (SSSR count). The van der Waals surface area contributed by atoms with Gasteiger partial charge < -0.3 is 14.1 Å². The Labute approximate surface area is 140 Å². The molecule has 0 spiro atoms. The number of nitrogens with zero attached hydrogens (tertiary/aromatic N) is 2. The van der Waals surface area contributed by atoms with Crippen LogP contribution >= 0.6 is 11.3 Å². The van der Waals surface area contributed by atoms with Crippen molar-refractivity contribution in [3.05, 3.63) is 39.7 Å². The minimum atomic E-state index is -0.0812. The van der Waals surface area contributed by atoms with E-state index in [9.17, 15) is 4.79 Å². The molecular formula is C17H22N2O3S. The predicted molar refractivity (Wildman–Crippen MR) is 88.8 cm³/mol. The summed E-state index contributed by atoms with van der Waals surface area (Å²) in [4.78, 5) is 20.3. The predicted octanol–water partition coefficient (Wildman–Crippen LogP) is 3.60. The quantitative estimate of drug-likeness (QED) is 0.776. The number of aryl methyl sites for hydroxylation is 1. The number of carbonyl (C=O) groups is 1. The van der Waals surface area contributed by atoms with Crippen LogP contribution in [0.1, 0.15) is 52.2 Å². The zero-order chi connectivity index (χ0) is 16.2. The summed E-state index contributed by atoms with van der Waals surface area (Å²) in [6.07, 6.45) is 3.43. The summed E-state index contributed by atoms with van der Waals surface area (Å²) < 4.78 is 10.9. The van der Waals surface area contributed by atoms with Gasteiger partial charge in [0.05, 0.1) is 13.2 Å². The monoisotopic (exact) mass is 334 g/mol. The van der Waals surface area contributed by atoms with Gasteiger partial charge >= 0.3 is 0 Å². The van der Waals surface area contributed by atoms with Crippen molar-refractivity contribution in [3.63, 3.8) is 0 Å². The van der Waals surface area contributed by atoms with E-state index < -0.39 is 0 Å². The number of hydrogen-bond acceptors (Lipinski definition) is 5. The molecular weight excluding hydrogens is 312 g/mol. The van der Waals surface area contributed by atoms with Gasteiger partial charge in [0.1, 0.15) is 5.76 Å². The minimum Gasteiger partial charge on any atom is -0.445 e. The number of carbonyl (C=O) groups excluding carboxylic acids is 1. The second-order valence-corrected chi connectivity index (χ2v) is 6.92. The van der Waals surface area contributed by atoms with Crippen LogP contribution < -0.4 is 0 Å². The molecule has 1 amide bonds. The number of thiophene rings is 1. The van der Waals surface area contributed by atoms with E-state index in [1.54, 1.807) is 23.3 Å². The second-order valence-electron chi connectivity index (χ2n) is 5.88. The molecule has 2 heterocycles. The lowest BCUT2D eigenvalue weighted by Gasteiger charge is -2.22. The van der Waals surface area contributed by atoms with E-state index in [1.807, 2.05) is 24.4 Å². The standard InChI is InChI=1S/C17H22N2O3S/c1-12-15(18-16(22-12)13-5-3-6-13)17(20)19(8-9-21-2)11-14-7-4-10-23-14/h4,7,10,13H,3,5-6,8-9,11H2,1-2H3. The topological polar surface area (TPSA) is 55.6 Å². The summed E-state index contributed by atoms with van der Waals surface area (Å²) in [6, 6.07) is 4.03. The largest absolute Gasteiger partial charge is 0.445 e. The van der Waals surface area contributed by atoms with Crippen LogP contribution in [-0.4, -0.2) is 36.1 Å². The van der Waals surface area contributed by atoms with Gasteiger partial charge in [-0.3, -0.25) is 4.79 Å². The van der Waals surface area contributed by atoms with Crippen LogP contribution in [0.25, 0.3) is 0 Å². The summed E-state index contributed by atoms with van der Waals surface area (Å²) in [5.74, 6) is 1.65. The van der Waals surface area contributed by atoms with Crippen molar-refractivity contribution < 1.29 is 13.9 Å². The van der Waals surface area contributed by atoms with E-state index in [0.29, 0.717) is 37.1 Å². The lowest BCUT2D eigenvalue weighted by atomic mass is 9.85. The molecule has 23 heavy (non-hydrogen) atoms. The zero-order valence-electron chi connectivity index (χ0n) is 13.6. The molecule has 0 atom stereocenters. The molecule has 5 nitrogen and oxygen atoms in total. The van der Waals surface area contributed by atoms with Gasteiger partial charge in [-0.15, -0.1) is 11.3 Å². The fourth-order valence-electron chi connectivity index (χ4n) is 2.64. The van der Waals surface area contributed by atoms with Gasteiger partial charge in [-0.1, -0.05) is 12.5 Å². The molecule has 0 unspecified atom stereocenters. The Kier molecular flexibility index (Phi) is 5.13. The van der Waals surface area contributed by atoms with Crippen molar-refractivity contribution in [2.24, 2.45) is 0 Å². The van der Waals surface area contributed by atoms with Crippen LogP contribution in [0.3, 0.4) is 0 Å². The van der Waals surface area contributed by atoms with E-state index >= 15 is 0 Å². The first-order valence-electron chi connectivity index (χ1n) is 7.97. The van der Waals surface area contributed by atoms with E-state index in [4.69, 9.17) is 9.15 Å². The van der Waals surface area contributed by atoms with Crippen molar-refractivity contribution >= 4 is 17.2 Å². The molecule has 0 N–H and O–H groups in total. The Bertz CT molecular complexity index is 647. The smallest absolute Gasteiger partial charge is 0.276 e. The maximum Gasteiger partial charge on any atom is 0.276 e. The Hall–Kier alpha value is -1.66. The van der Waals surface area contributed by atoms with E-state index in [-0.39, 0.29) is 5.91 Å². The van der Waals surface area contributed by atoms with Gasteiger partial charge in [0.15, 0.2) is 11.6 Å². The lowest BCUT2D eigenvalue weighted by molar-refractivity contribution is 0.0675. The fraction of sp³-hybridized carbons (Fsp3) is 0.529. The summed E-state index contributed by atoms with van der Waals surface area (Å²) in [5, 5.41) is 2.02. The Balaban J connectivity index is 1.77. The Morgan fingerprint density at radius 2 is 2.35 bits per heavy atom. The Morgan fingerprint density at radius 1 is 1.52 bits per heavy atom. The average molecular weight is 334 g/mol. The molecule has 2 aromatic heterocycles. The third kappa shape index (κ3) is 3.64. The first-order valence-corrected chi connectivity index (χ1v) is 8.85. The van der Waals surface area contributed by atoms with Crippen molar-refractivity contribution in [3.8, 4) is 0 Å². The lowest BCUT2D eigenvalue weighted by Crippen LogP contribution is -2.33. The minimum absolute atomic E-state index is 0.0812. The molecule has 0 aromatic carbocycles.